The molecule has 1 amide bonds. The van der Waals surface area contributed by atoms with Gasteiger partial charge in [0.05, 0.1) is 0 Å². The Morgan fingerprint density at radius 2 is 1.95 bits per heavy atom. The Morgan fingerprint density at radius 3 is 2.65 bits per heavy atom. The van der Waals surface area contributed by atoms with Crippen molar-refractivity contribution in [3.05, 3.63) is 48.6 Å². The van der Waals surface area contributed by atoms with Gasteiger partial charge in [-0.05, 0) is 25.0 Å². The molecule has 3 rings (SSSR count). The van der Waals surface area contributed by atoms with Crippen LogP contribution in [0.25, 0.3) is 0 Å². The van der Waals surface area contributed by atoms with Crippen LogP contribution in [0.2, 0.25) is 0 Å². The molecule has 6 heteroatoms. The summed E-state index contributed by atoms with van der Waals surface area (Å²) in [7, 11) is 0. The van der Waals surface area contributed by atoms with E-state index in [4.69, 9.17) is 0 Å². The fourth-order valence-electron chi connectivity index (χ4n) is 2.52. The van der Waals surface area contributed by atoms with E-state index in [-0.39, 0.29) is 11.8 Å². The second-order valence-corrected chi connectivity index (χ2v) is 4.82. The second kappa shape index (κ2) is 5.73. The monoisotopic (exact) mass is 269 g/mol. The van der Waals surface area contributed by atoms with Gasteiger partial charge in [-0.2, -0.15) is 0 Å². The van der Waals surface area contributed by atoms with Crippen LogP contribution in [0.5, 0.6) is 0 Å². The molecule has 0 unspecified atom stereocenters. The van der Waals surface area contributed by atoms with Gasteiger partial charge in [0.15, 0.2) is 0 Å². The highest BCUT2D eigenvalue weighted by Gasteiger charge is 2.26. The molecule has 102 valence electrons. The number of hydrogen-bond donors (Lipinski definition) is 0. The third kappa shape index (κ3) is 2.64. The van der Waals surface area contributed by atoms with Gasteiger partial charge >= 0.3 is 0 Å². The van der Waals surface area contributed by atoms with E-state index in [1.807, 2.05) is 11.0 Å². The molecular weight excluding hydrogens is 254 g/mol. The van der Waals surface area contributed by atoms with E-state index >= 15 is 0 Å². The first-order chi connectivity index (χ1) is 9.84. The number of carbonyl (C=O) groups is 1. The van der Waals surface area contributed by atoms with Gasteiger partial charge < -0.3 is 4.90 Å². The van der Waals surface area contributed by atoms with Gasteiger partial charge in [-0.1, -0.05) is 0 Å². The molecule has 0 spiro atoms. The van der Waals surface area contributed by atoms with E-state index in [0.717, 1.165) is 25.1 Å². The summed E-state index contributed by atoms with van der Waals surface area (Å²) in [6, 6.07) is 3.57. The molecule has 20 heavy (non-hydrogen) atoms. The number of carbonyl (C=O) groups excluding carboxylic acids is 1. The lowest BCUT2D eigenvalue weighted by molar-refractivity contribution is 0.0699. The SMILES string of the molecule is O=C(c1ccncn1)N1CCC[C@@H](c2ccncn2)C1. The first-order valence-electron chi connectivity index (χ1n) is 6.66. The summed E-state index contributed by atoms with van der Waals surface area (Å²) in [6.07, 6.45) is 8.31. The molecule has 0 bridgehead atoms. The van der Waals surface area contributed by atoms with Crippen molar-refractivity contribution in [1.82, 2.24) is 24.8 Å². The maximum atomic E-state index is 12.4. The molecule has 6 nitrogen and oxygen atoms in total. The molecule has 1 fully saturated rings. The number of hydrogen-bond acceptors (Lipinski definition) is 5. The van der Waals surface area contributed by atoms with Gasteiger partial charge in [0.2, 0.25) is 0 Å². The van der Waals surface area contributed by atoms with Gasteiger partial charge in [0, 0.05) is 37.1 Å². The highest BCUT2D eigenvalue weighted by atomic mass is 16.2. The van der Waals surface area contributed by atoms with Crippen molar-refractivity contribution < 1.29 is 4.79 Å². The van der Waals surface area contributed by atoms with E-state index in [9.17, 15) is 4.79 Å². The number of piperidine rings is 1. The lowest BCUT2D eigenvalue weighted by Crippen LogP contribution is -2.39. The highest BCUT2D eigenvalue weighted by Crippen LogP contribution is 2.25. The number of amides is 1. The smallest absolute Gasteiger partial charge is 0.272 e. The minimum Gasteiger partial charge on any atom is -0.337 e. The summed E-state index contributed by atoms with van der Waals surface area (Å²) in [6.45, 7) is 1.45. The molecule has 2 aromatic rings. The standard InChI is InChI=1S/C14H15N5O/c20-14(13-4-6-16-10-18-13)19-7-1-2-11(8-19)12-3-5-15-9-17-12/h3-6,9-11H,1-2,7-8H2/t11-/m1/s1. The Bertz CT molecular complexity index is 575. The first-order valence-corrected chi connectivity index (χ1v) is 6.66. The van der Waals surface area contributed by atoms with Gasteiger partial charge in [0.25, 0.3) is 5.91 Å². The number of aromatic nitrogens is 4. The van der Waals surface area contributed by atoms with Gasteiger partial charge in [0.1, 0.15) is 18.3 Å². The summed E-state index contributed by atoms with van der Waals surface area (Å²) in [5, 5.41) is 0. The van der Waals surface area contributed by atoms with Crippen LogP contribution in [0, 0.1) is 0 Å². The largest absolute Gasteiger partial charge is 0.337 e. The lowest BCUT2D eigenvalue weighted by Gasteiger charge is -2.32. The molecule has 3 heterocycles. The third-order valence-corrected chi connectivity index (χ3v) is 3.53. The maximum absolute atomic E-state index is 12.4. The van der Waals surface area contributed by atoms with Crippen molar-refractivity contribution in [2.24, 2.45) is 0 Å². The topological polar surface area (TPSA) is 71.9 Å². The fraction of sp³-hybridized carbons (Fsp3) is 0.357. The first kappa shape index (κ1) is 12.7. The minimum atomic E-state index is -0.0360. The second-order valence-electron chi connectivity index (χ2n) is 4.82. The van der Waals surface area contributed by atoms with Crippen LogP contribution in [0.3, 0.4) is 0 Å². The zero-order chi connectivity index (χ0) is 13.8. The van der Waals surface area contributed by atoms with Crippen molar-refractivity contribution in [2.75, 3.05) is 13.1 Å². The Kier molecular flexibility index (Phi) is 3.62. The van der Waals surface area contributed by atoms with E-state index in [2.05, 4.69) is 19.9 Å². The van der Waals surface area contributed by atoms with Gasteiger partial charge in [-0.3, -0.25) is 4.79 Å². The number of likely N-dealkylation sites (tertiary alicyclic amines) is 1. The average Bonchev–Trinajstić information content (AvgIpc) is 2.56. The minimum absolute atomic E-state index is 0.0360. The third-order valence-electron chi connectivity index (χ3n) is 3.53. The highest BCUT2D eigenvalue weighted by molar-refractivity contribution is 5.92. The van der Waals surface area contributed by atoms with E-state index < -0.39 is 0 Å². The van der Waals surface area contributed by atoms with Crippen molar-refractivity contribution in [3.8, 4) is 0 Å². The average molecular weight is 269 g/mol. The molecule has 2 aromatic heterocycles. The van der Waals surface area contributed by atoms with Crippen molar-refractivity contribution in [2.45, 2.75) is 18.8 Å². The Balaban J connectivity index is 1.74. The molecule has 1 aliphatic rings. The molecule has 0 N–H and O–H groups in total. The zero-order valence-corrected chi connectivity index (χ0v) is 11.0. The number of nitrogens with zero attached hydrogens (tertiary/aromatic N) is 5. The molecule has 1 aliphatic heterocycles. The summed E-state index contributed by atoms with van der Waals surface area (Å²) < 4.78 is 0. The maximum Gasteiger partial charge on any atom is 0.272 e. The predicted octanol–water partition coefficient (Wildman–Crippen LogP) is 1.29. The van der Waals surface area contributed by atoms with E-state index in [0.29, 0.717) is 12.2 Å². The molecule has 0 aliphatic carbocycles. The van der Waals surface area contributed by atoms with Gasteiger partial charge in [-0.15, -0.1) is 0 Å². The normalized spacial score (nSPS) is 18.8. The Labute approximate surface area is 116 Å². The summed E-state index contributed by atoms with van der Waals surface area (Å²) in [5.41, 5.74) is 1.45. The molecule has 0 aromatic carbocycles. The van der Waals surface area contributed by atoms with Crippen molar-refractivity contribution >= 4 is 5.91 Å². The van der Waals surface area contributed by atoms with Crippen LogP contribution >= 0.6 is 0 Å². The van der Waals surface area contributed by atoms with Crippen LogP contribution in [0.4, 0.5) is 0 Å². The summed E-state index contributed by atoms with van der Waals surface area (Å²) >= 11 is 0. The molecular formula is C14H15N5O. The predicted molar refractivity (Wildman–Crippen MR) is 71.9 cm³/mol. The Morgan fingerprint density at radius 1 is 1.15 bits per heavy atom. The van der Waals surface area contributed by atoms with Crippen LogP contribution in [0.1, 0.15) is 34.9 Å². The zero-order valence-electron chi connectivity index (χ0n) is 11.0. The molecule has 0 saturated carbocycles. The van der Waals surface area contributed by atoms with Crippen molar-refractivity contribution in [1.29, 1.82) is 0 Å². The fourth-order valence-corrected chi connectivity index (χ4v) is 2.52. The van der Waals surface area contributed by atoms with Crippen LogP contribution in [0.15, 0.2) is 37.2 Å². The van der Waals surface area contributed by atoms with Crippen LogP contribution in [-0.4, -0.2) is 43.8 Å². The molecule has 1 atom stereocenters. The molecule has 1 saturated heterocycles. The molecule has 0 radical (unpaired) electrons. The lowest BCUT2D eigenvalue weighted by atomic mass is 9.94. The Hall–Kier alpha value is -2.37. The number of rotatable bonds is 2. The summed E-state index contributed by atoms with van der Waals surface area (Å²) in [5.74, 6) is 0.240. The van der Waals surface area contributed by atoms with E-state index in [1.54, 1.807) is 24.8 Å². The van der Waals surface area contributed by atoms with Crippen LogP contribution in [-0.2, 0) is 0 Å². The van der Waals surface area contributed by atoms with E-state index in [1.165, 1.54) is 6.33 Å². The van der Waals surface area contributed by atoms with Crippen LogP contribution < -0.4 is 0 Å². The van der Waals surface area contributed by atoms with Crippen molar-refractivity contribution in [3.63, 3.8) is 0 Å². The quantitative estimate of drug-likeness (QED) is 0.821. The van der Waals surface area contributed by atoms with Gasteiger partial charge in [-0.25, -0.2) is 19.9 Å². The summed E-state index contributed by atoms with van der Waals surface area (Å²) in [4.78, 5) is 30.3.